The molecule has 0 aromatic heterocycles. The third-order valence-corrected chi connectivity index (χ3v) is 3.49. The minimum Gasteiger partial charge on any atom is -0.101 e. The Hall–Kier alpha value is -1.48. The van der Waals surface area contributed by atoms with Gasteiger partial charge in [-0.2, -0.15) is 0 Å². The number of hydrogen-bond donors (Lipinski definition) is 0. The summed E-state index contributed by atoms with van der Waals surface area (Å²) in [6, 6.07) is 8.52. The fourth-order valence-electron chi connectivity index (χ4n) is 2.44. The normalized spacial score (nSPS) is 19.9. The van der Waals surface area contributed by atoms with E-state index in [-0.39, 0.29) is 0 Å². The molecule has 0 nitrogen and oxygen atoms in total. The van der Waals surface area contributed by atoms with Gasteiger partial charge in [-0.25, -0.2) is 0 Å². The fourth-order valence-corrected chi connectivity index (χ4v) is 2.44. The molecule has 0 amide bonds. The number of rotatable bonds is 1. The number of hydrogen-bond acceptors (Lipinski definition) is 0. The van der Waals surface area contributed by atoms with Crippen molar-refractivity contribution in [2.24, 2.45) is 5.92 Å². The lowest BCUT2D eigenvalue weighted by Gasteiger charge is -2.09. The Morgan fingerprint density at radius 3 is 2.82 bits per heavy atom. The van der Waals surface area contributed by atoms with E-state index < -0.39 is 0 Å². The monoisotopic (exact) mass is 224 g/mol. The third kappa shape index (κ3) is 3.01. The average molecular weight is 224 g/mol. The van der Waals surface area contributed by atoms with Crippen molar-refractivity contribution >= 4 is 5.57 Å². The van der Waals surface area contributed by atoms with Crippen LogP contribution in [0, 0.1) is 17.8 Å². The van der Waals surface area contributed by atoms with Crippen molar-refractivity contribution in [1.29, 1.82) is 0 Å². The zero-order chi connectivity index (χ0) is 12.1. The first-order chi connectivity index (χ1) is 8.31. The van der Waals surface area contributed by atoms with Crippen LogP contribution in [0.1, 0.15) is 50.7 Å². The molecule has 1 atom stereocenters. The summed E-state index contributed by atoms with van der Waals surface area (Å²) in [7, 11) is 0. The van der Waals surface area contributed by atoms with E-state index in [1.54, 1.807) is 0 Å². The van der Waals surface area contributed by atoms with Crippen LogP contribution in [0.2, 0.25) is 0 Å². The van der Waals surface area contributed by atoms with Crippen molar-refractivity contribution in [2.75, 3.05) is 0 Å². The Morgan fingerprint density at radius 2 is 2.00 bits per heavy atom. The second-order valence-electron chi connectivity index (χ2n) is 4.87. The molecule has 17 heavy (non-hydrogen) atoms. The Balaban J connectivity index is 2.32. The minimum absolute atomic E-state index is 0.855. The minimum atomic E-state index is 0.855. The van der Waals surface area contributed by atoms with Gasteiger partial charge in [0, 0.05) is 5.56 Å². The molecule has 0 saturated carbocycles. The molecule has 1 aromatic carbocycles. The maximum absolute atomic E-state index is 3.21. The lowest BCUT2D eigenvalue weighted by atomic mass is 9.95. The Bertz CT molecular complexity index is 468. The maximum Gasteiger partial charge on any atom is 0.0320 e. The summed E-state index contributed by atoms with van der Waals surface area (Å²) >= 11 is 0. The van der Waals surface area contributed by atoms with Gasteiger partial charge < -0.3 is 0 Å². The van der Waals surface area contributed by atoms with Gasteiger partial charge in [0.25, 0.3) is 0 Å². The molecule has 0 heterocycles. The topological polar surface area (TPSA) is 0 Å². The van der Waals surface area contributed by atoms with Gasteiger partial charge in [-0.15, -0.1) is 5.92 Å². The van der Waals surface area contributed by atoms with Crippen molar-refractivity contribution in [1.82, 2.24) is 0 Å². The zero-order valence-corrected chi connectivity index (χ0v) is 10.8. The summed E-state index contributed by atoms with van der Waals surface area (Å²) in [5.74, 6) is 7.08. The third-order valence-electron chi connectivity index (χ3n) is 3.49. The predicted molar refractivity (Wildman–Crippen MR) is 74.6 cm³/mol. The number of benzene rings is 1. The highest BCUT2D eigenvalue weighted by Crippen LogP contribution is 2.30. The quantitative estimate of drug-likeness (QED) is 0.609. The van der Waals surface area contributed by atoms with Crippen molar-refractivity contribution in [2.45, 2.75) is 39.5 Å². The van der Waals surface area contributed by atoms with Crippen molar-refractivity contribution in [3.05, 3.63) is 41.5 Å². The standard InChI is InChI=1S/C17H20/c1-3-7-15-9-4-5-11-17(15)16-10-6-8-14(2)12-13-16/h4-5,9-11,14H,6,8,12-13H2,1-2H3. The van der Waals surface area contributed by atoms with Crippen LogP contribution in [0.25, 0.3) is 5.57 Å². The zero-order valence-electron chi connectivity index (χ0n) is 10.8. The average Bonchev–Trinajstić information content (AvgIpc) is 2.55. The van der Waals surface area contributed by atoms with Gasteiger partial charge in [0.2, 0.25) is 0 Å². The molecule has 1 unspecified atom stereocenters. The van der Waals surface area contributed by atoms with Crippen LogP contribution in [0.5, 0.6) is 0 Å². The van der Waals surface area contributed by atoms with Gasteiger partial charge in [-0.1, -0.05) is 37.1 Å². The van der Waals surface area contributed by atoms with Crippen molar-refractivity contribution < 1.29 is 0 Å². The lowest BCUT2D eigenvalue weighted by molar-refractivity contribution is 0.515. The molecular formula is C17H20. The molecule has 0 fully saturated rings. The van der Waals surface area contributed by atoms with Crippen LogP contribution >= 0.6 is 0 Å². The van der Waals surface area contributed by atoms with Crippen LogP contribution < -0.4 is 0 Å². The molecule has 1 aliphatic rings. The highest BCUT2D eigenvalue weighted by Gasteiger charge is 2.11. The first-order valence-corrected chi connectivity index (χ1v) is 6.52. The summed E-state index contributed by atoms with van der Waals surface area (Å²) in [5, 5.41) is 0. The van der Waals surface area contributed by atoms with Crippen molar-refractivity contribution in [3.63, 3.8) is 0 Å². The van der Waals surface area contributed by atoms with E-state index in [1.165, 1.54) is 42.4 Å². The van der Waals surface area contributed by atoms with Crippen LogP contribution in [-0.2, 0) is 0 Å². The molecule has 0 aliphatic heterocycles. The van der Waals surface area contributed by atoms with Crippen LogP contribution in [0.3, 0.4) is 0 Å². The van der Waals surface area contributed by atoms with Gasteiger partial charge in [0.1, 0.15) is 0 Å². The summed E-state index contributed by atoms with van der Waals surface area (Å²) in [6.07, 6.45) is 7.46. The highest BCUT2D eigenvalue weighted by molar-refractivity contribution is 5.71. The van der Waals surface area contributed by atoms with Crippen molar-refractivity contribution in [3.8, 4) is 11.8 Å². The second-order valence-corrected chi connectivity index (χ2v) is 4.87. The van der Waals surface area contributed by atoms with E-state index in [0.717, 1.165) is 5.92 Å². The summed E-state index contributed by atoms with van der Waals surface area (Å²) in [5.41, 5.74) is 4.01. The molecule has 0 saturated heterocycles. The molecule has 0 heteroatoms. The van der Waals surface area contributed by atoms with Gasteiger partial charge >= 0.3 is 0 Å². The molecule has 2 rings (SSSR count). The fraction of sp³-hybridized carbons (Fsp3) is 0.412. The maximum atomic E-state index is 3.21. The molecule has 0 radical (unpaired) electrons. The molecule has 0 bridgehead atoms. The summed E-state index contributed by atoms with van der Waals surface area (Å²) in [4.78, 5) is 0. The molecule has 0 spiro atoms. The SMILES string of the molecule is CC#Cc1ccccc1C1=CCCC(C)CC1. The van der Waals surface area contributed by atoms with E-state index in [0.29, 0.717) is 0 Å². The predicted octanol–water partition coefficient (Wildman–Crippen LogP) is 4.65. The summed E-state index contributed by atoms with van der Waals surface area (Å²) in [6.45, 7) is 4.26. The lowest BCUT2D eigenvalue weighted by Crippen LogP contribution is -1.92. The second kappa shape index (κ2) is 5.73. The Labute approximate surface area is 105 Å². The van der Waals surface area contributed by atoms with Crippen LogP contribution in [0.4, 0.5) is 0 Å². The molecule has 1 aliphatic carbocycles. The number of allylic oxidation sites excluding steroid dienone is 2. The smallest absolute Gasteiger partial charge is 0.0320 e. The summed E-state index contributed by atoms with van der Waals surface area (Å²) < 4.78 is 0. The van der Waals surface area contributed by atoms with Gasteiger partial charge in [-0.05, 0) is 55.7 Å². The van der Waals surface area contributed by atoms with E-state index in [1.807, 2.05) is 6.92 Å². The van der Waals surface area contributed by atoms with E-state index in [4.69, 9.17) is 0 Å². The van der Waals surface area contributed by atoms with Crippen LogP contribution in [-0.4, -0.2) is 0 Å². The van der Waals surface area contributed by atoms with Gasteiger partial charge in [-0.3, -0.25) is 0 Å². The highest BCUT2D eigenvalue weighted by atomic mass is 14.2. The first-order valence-electron chi connectivity index (χ1n) is 6.52. The van der Waals surface area contributed by atoms with E-state index >= 15 is 0 Å². The Kier molecular flexibility index (Phi) is 4.04. The molecule has 0 N–H and O–H groups in total. The van der Waals surface area contributed by atoms with Gasteiger partial charge in [0.05, 0.1) is 0 Å². The first kappa shape index (κ1) is 12.0. The van der Waals surface area contributed by atoms with E-state index in [9.17, 15) is 0 Å². The van der Waals surface area contributed by atoms with Gasteiger partial charge in [0.15, 0.2) is 0 Å². The largest absolute Gasteiger partial charge is 0.101 e. The molecular weight excluding hydrogens is 204 g/mol. The molecule has 88 valence electrons. The Morgan fingerprint density at radius 1 is 1.18 bits per heavy atom. The molecule has 1 aromatic rings. The van der Waals surface area contributed by atoms with E-state index in [2.05, 4.69) is 49.1 Å². The van der Waals surface area contributed by atoms with Crippen LogP contribution in [0.15, 0.2) is 30.3 Å².